The van der Waals surface area contributed by atoms with E-state index >= 15 is 0 Å². The maximum atomic E-state index is 13.0. The Morgan fingerprint density at radius 2 is 2.04 bits per heavy atom. The third-order valence-electron chi connectivity index (χ3n) is 5.60. The van der Waals surface area contributed by atoms with Crippen molar-refractivity contribution in [3.05, 3.63) is 65.5 Å². The van der Waals surface area contributed by atoms with E-state index in [0.29, 0.717) is 19.6 Å². The molecule has 0 bridgehead atoms. The van der Waals surface area contributed by atoms with Gasteiger partial charge >= 0.3 is 0 Å². The standard InChI is InChI=1S/C21H23N3O2/c1-15-5-2-3-7-18(15)20(25)24-13-17-8-10-23(21(26)19(17)14-24)12-16-6-4-9-22-11-16/h2-7,9,11,17,19H,8,10,12-14H2,1H3/t17-,19+/m0/s1. The predicted molar refractivity (Wildman–Crippen MR) is 98.3 cm³/mol. The SMILES string of the molecule is Cc1ccccc1C(=O)N1C[C@@H]2CCN(Cc3cccnc3)C(=O)[C@@H]2C1. The van der Waals surface area contributed by atoms with Crippen LogP contribution in [-0.2, 0) is 11.3 Å². The summed E-state index contributed by atoms with van der Waals surface area (Å²) in [6, 6.07) is 11.5. The van der Waals surface area contributed by atoms with Crippen LogP contribution < -0.4 is 0 Å². The average molecular weight is 349 g/mol. The molecule has 4 rings (SSSR count). The minimum atomic E-state index is -0.0756. The summed E-state index contributed by atoms with van der Waals surface area (Å²) in [6.07, 6.45) is 4.50. The third kappa shape index (κ3) is 3.09. The zero-order valence-corrected chi connectivity index (χ0v) is 15.0. The van der Waals surface area contributed by atoms with Crippen LogP contribution in [0.5, 0.6) is 0 Å². The van der Waals surface area contributed by atoms with Gasteiger partial charge in [-0.1, -0.05) is 24.3 Å². The molecule has 0 N–H and O–H groups in total. The number of hydrogen-bond donors (Lipinski definition) is 0. The summed E-state index contributed by atoms with van der Waals surface area (Å²) in [7, 11) is 0. The molecule has 0 unspecified atom stereocenters. The molecule has 26 heavy (non-hydrogen) atoms. The monoisotopic (exact) mass is 349 g/mol. The van der Waals surface area contributed by atoms with Crippen LogP contribution in [0.25, 0.3) is 0 Å². The highest BCUT2D eigenvalue weighted by molar-refractivity contribution is 5.96. The molecule has 2 saturated heterocycles. The molecule has 2 aliphatic heterocycles. The number of hydrogen-bond acceptors (Lipinski definition) is 3. The molecule has 5 heteroatoms. The lowest BCUT2D eigenvalue weighted by Crippen LogP contribution is -2.44. The number of amides is 2. The first-order valence-electron chi connectivity index (χ1n) is 9.16. The van der Waals surface area contributed by atoms with E-state index in [1.165, 1.54) is 0 Å². The Morgan fingerprint density at radius 3 is 2.81 bits per heavy atom. The molecule has 2 aromatic rings. The van der Waals surface area contributed by atoms with E-state index in [2.05, 4.69) is 4.98 Å². The summed E-state index contributed by atoms with van der Waals surface area (Å²) in [4.78, 5) is 33.7. The number of carbonyl (C=O) groups excluding carboxylic acids is 2. The van der Waals surface area contributed by atoms with Gasteiger partial charge in [0.15, 0.2) is 0 Å². The van der Waals surface area contributed by atoms with Crippen LogP contribution in [0.1, 0.15) is 27.9 Å². The van der Waals surface area contributed by atoms with Gasteiger partial charge in [0.25, 0.3) is 5.91 Å². The zero-order valence-electron chi connectivity index (χ0n) is 15.0. The highest BCUT2D eigenvalue weighted by atomic mass is 16.2. The lowest BCUT2D eigenvalue weighted by Gasteiger charge is -2.33. The van der Waals surface area contributed by atoms with Gasteiger partial charge in [-0.25, -0.2) is 0 Å². The lowest BCUT2D eigenvalue weighted by molar-refractivity contribution is -0.140. The Balaban J connectivity index is 1.46. The smallest absolute Gasteiger partial charge is 0.254 e. The van der Waals surface area contributed by atoms with Crippen LogP contribution in [-0.4, -0.2) is 46.2 Å². The van der Waals surface area contributed by atoms with Crippen molar-refractivity contribution in [2.24, 2.45) is 11.8 Å². The summed E-state index contributed by atoms with van der Waals surface area (Å²) in [5.41, 5.74) is 2.77. The Morgan fingerprint density at radius 1 is 1.19 bits per heavy atom. The minimum absolute atomic E-state index is 0.0455. The third-order valence-corrected chi connectivity index (χ3v) is 5.60. The topological polar surface area (TPSA) is 53.5 Å². The van der Waals surface area contributed by atoms with E-state index in [9.17, 15) is 9.59 Å². The number of benzene rings is 1. The van der Waals surface area contributed by atoms with Crippen molar-refractivity contribution in [2.45, 2.75) is 19.9 Å². The van der Waals surface area contributed by atoms with Crippen LogP contribution in [0.2, 0.25) is 0 Å². The first-order chi connectivity index (χ1) is 12.6. The van der Waals surface area contributed by atoms with E-state index in [0.717, 1.165) is 29.7 Å². The number of nitrogens with zero attached hydrogens (tertiary/aromatic N) is 3. The van der Waals surface area contributed by atoms with Gasteiger partial charge in [0.05, 0.1) is 5.92 Å². The van der Waals surface area contributed by atoms with Crippen molar-refractivity contribution < 1.29 is 9.59 Å². The number of piperidine rings is 1. The number of pyridine rings is 1. The zero-order chi connectivity index (χ0) is 18.1. The molecule has 3 heterocycles. The van der Waals surface area contributed by atoms with E-state index in [-0.39, 0.29) is 23.7 Å². The second-order valence-corrected chi connectivity index (χ2v) is 7.30. The Bertz CT molecular complexity index is 821. The van der Waals surface area contributed by atoms with Gasteiger partial charge in [0.2, 0.25) is 5.91 Å². The summed E-state index contributed by atoms with van der Waals surface area (Å²) in [5.74, 6) is 0.420. The quantitative estimate of drug-likeness (QED) is 0.856. The number of aryl methyl sites for hydroxylation is 1. The molecule has 2 amide bonds. The van der Waals surface area contributed by atoms with Gasteiger partial charge in [0.1, 0.15) is 0 Å². The lowest BCUT2D eigenvalue weighted by atomic mass is 9.88. The molecular weight excluding hydrogens is 326 g/mol. The molecule has 0 spiro atoms. The van der Waals surface area contributed by atoms with Crippen molar-refractivity contribution >= 4 is 11.8 Å². The van der Waals surface area contributed by atoms with Crippen molar-refractivity contribution in [2.75, 3.05) is 19.6 Å². The summed E-state index contributed by atoms with van der Waals surface area (Å²) >= 11 is 0. The van der Waals surface area contributed by atoms with Gasteiger partial charge in [-0.05, 0) is 42.5 Å². The summed E-state index contributed by atoms with van der Waals surface area (Å²) < 4.78 is 0. The molecule has 2 atom stereocenters. The van der Waals surface area contributed by atoms with Crippen LogP contribution in [0, 0.1) is 18.8 Å². The van der Waals surface area contributed by atoms with Crippen molar-refractivity contribution in [1.82, 2.24) is 14.8 Å². The van der Waals surface area contributed by atoms with Crippen molar-refractivity contribution in [3.8, 4) is 0 Å². The molecule has 2 fully saturated rings. The Kier molecular flexibility index (Phi) is 4.45. The maximum absolute atomic E-state index is 13.0. The predicted octanol–water partition coefficient (Wildman–Crippen LogP) is 2.51. The van der Waals surface area contributed by atoms with Gasteiger partial charge in [-0.15, -0.1) is 0 Å². The molecule has 0 saturated carbocycles. The van der Waals surface area contributed by atoms with Gasteiger partial charge in [-0.2, -0.15) is 0 Å². The Labute approximate surface area is 153 Å². The average Bonchev–Trinajstić information content (AvgIpc) is 3.10. The first kappa shape index (κ1) is 16.8. The number of aromatic nitrogens is 1. The highest BCUT2D eigenvalue weighted by Crippen LogP contribution is 2.33. The van der Waals surface area contributed by atoms with Crippen molar-refractivity contribution in [3.63, 3.8) is 0 Å². The van der Waals surface area contributed by atoms with E-state index in [1.807, 2.05) is 59.3 Å². The van der Waals surface area contributed by atoms with E-state index < -0.39 is 0 Å². The number of fused-ring (bicyclic) bond motifs is 1. The first-order valence-corrected chi connectivity index (χ1v) is 9.16. The maximum Gasteiger partial charge on any atom is 0.254 e. The highest BCUT2D eigenvalue weighted by Gasteiger charge is 2.44. The fourth-order valence-electron chi connectivity index (χ4n) is 4.13. The van der Waals surface area contributed by atoms with E-state index in [1.54, 1.807) is 6.20 Å². The van der Waals surface area contributed by atoms with Gasteiger partial charge in [0, 0.05) is 44.1 Å². The van der Waals surface area contributed by atoms with Crippen LogP contribution in [0.3, 0.4) is 0 Å². The van der Waals surface area contributed by atoms with Gasteiger partial charge < -0.3 is 9.80 Å². The van der Waals surface area contributed by atoms with Crippen LogP contribution in [0.4, 0.5) is 0 Å². The molecule has 0 aliphatic carbocycles. The largest absolute Gasteiger partial charge is 0.338 e. The number of likely N-dealkylation sites (tertiary alicyclic amines) is 2. The fourth-order valence-corrected chi connectivity index (χ4v) is 4.13. The summed E-state index contributed by atoms with van der Waals surface area (Å²) in [5, 5.41) is 0. The molecule has 5 nitrogen and oxygen atoms in total. The fraction of sp³-hybridized carbons (Fsp3) is 0.381. The number of rotatable bonds is 3. The van der Waals surface area contributed by atoms with Gasteiger partial charge in [-0.3, -0.25) is 14.6 Å². The normalized spacial score (nSPS) is 22.4. The van der Waals surface area contributed by atoms with Crippen LogP contribution >= 0.6 is 0 Å². The molecule has 0 radical (unpaired) electrons. The summed E-state index contributed by atoms with van der Waals surface area (Å²) in [6.45, 7) is 4.52. The molecule has 1 aromatic carbocycles. The second kappa shape index (κ2) is 6.90. The van der Waals surface area contributed by atoms with Crippen LogP contribution in [0.15, 0.2) is 48.8 Å². The Hall–Kier alpha value is -2.69. The number of carbonyl (C=O) groups is 2. The van der Waals surface area contributed by atoms with E-state index in [4.69, 9.17) is 0 Å². The molecule has 134 valence electrons. The molecule has 1 aromatic heterocycles. The second-order valence-electron chi connectivity index (χ2n) is 7.30. The molecular formula is C21H23N3O2. The van der Waals surface area contributed by atoms with Crippen molar-refractivity contribution in [1.29, 1.82) is 0 Å². The molecule has 2 aliphatic rings. The minimum Gasteiger partial charge on any atom is -0.338 e.